The molecule has 0 spiro atoms. The highest BCUT2D eigenvalue weighted by Gasteiger charge is 2.18. The average molecular weight is 463 g/mol. The van der Waals surface area contributed by atoms with Crippen molar-refractivity contribution >= 4 is 34.9 Å². The maximum Gasteiger partial charge on any atom is 0.257 e. The number of aromatic nitrogens is 1. The van der Waals surface area contributed by atoms with Crippen LogP contribution in [0.4, 0.5) is 5.82 Å². The first kappa shape index (κ1) is 24.1. The van der Waals surface area contributed by atoms with Crippen molar-refractivity contribution in [2.24, 2.45) is 0 Å². The van der Waals surface area contributed by atoms with E-state index in [1.54, 1.807) is 48.5 Å². The number of hydrogen-bond acceptors (Lipinski definition) is 4. The van der Waals surface area contributed by atoms with Crippen LogP contribution < -0.4 is 5.32 Å². The van der Waals surface area contributed by atoms with Crippen molar-refractivity contribution in [3.05, 3.63) is 94.1 Å². The Balaban J connectivity index is 0.00000306. The lowest BCUT2D eigenvalue weighted by Crippen LogP contribution is -2.27. The van der Waals surface area contributed by atoms with Crippen molar-refractivity contribution in [1.82, 2.24) is 9.88 Å². The number of halogens is 1. The fraction of sp³-hybridized carbons (Fsp3) is 0.231. The van der Waals surface area contributed by atoms with Crippen LogP contribution in [0.2, 0.25) is 5.02 Å². The highest BCUT2D eigenvalue weighted by Crippen LogP contribution is 2.18. The minimum Gasteiger partial charge on any atom is -0.357 e. The second-order valence-electron chi connectivity index (χ2n) is 7.69. The Kier molecular flexibility index (Phi) is 7.96. The zero-order chi connectivity index (χ0) is 22.5. The molecule has 33 heavy (non-hydrogen) atoms. The standard InChI is InChI=1S/C25H23ClN4O2.CH4/c26-20-11-12-23(28-16-20)29-25(32)21-6-2-1-5-19(21)15-22(31)17-7-9-18(10-8-17)24(27)30-13-3-4-14-30;/h1-2,5-12,16,27H,3-4,13-15H2,(H,28,29,32);1H4. The minimum atomic E-state index is -0.336. The average Bonchev–Trinajstić information content (AvgIpc) is 3.35. The van der Waals surface area contributed by atoms with Crippen LogP contribution in [0, 0.1) is 5.41 Å². The van der Waals surface area contributed by atoms with E-state index >= 15 is 0 Å². The number of Topliss-reactive ketones (excluding diaryl/α,β-unsaturated/α-hetero) is 1. The molecule has 1 aliphatic heterocycles. The Morgan fingerprint density at radius 2 is 1.64 bits per heavy atom. The van der Waals surface area contributed by atoms with E-state index in [4.69, 9.17) is 17.0 Å². The summed E-state index contributed by atoms with van der Waals surface area (Å²) in [5.41, 5.74) is 2.42. The number of hydrogen-bond donors (Lipinski definition) is 2. The molecule has 3 aromatic rings. The zero-order valence-electron chi connectivity index (χ0n) is 17.5. The van der Waals surface area contributed by atoms with Crippen LogP contribution in [0.5, 0.6) is 0 Å². The molecular weight excluding hydrogens is 436 g/mol. The third-order valence-electron chi connectivity index (χ3n) is 5.48. The molecule has 6 nitrogen and oxygen atoms in total. The molecule has 1 fully saturated rings. The van der Waals surface area contributed by atoms with Crippen LogP contribution in [-0.4, -0.2) is 40.5 Å². The summed E-state index contributed by atoms with van der Waals surface area (Å²) in [7, 11) is 0. The Morgan fingerprint density at radius 3 is 2.30 bits per heavy atom. The number of nitrogens with one attached hydrogen (secondary N) is 2. The molecule has 0 radical (unpaired) electrons. The van der Waals surface area contributed by atoms with Crippen molar-refractivity contribution in [3.63, 3.8) is 0 Å². The van der Waals surface area contributed by atoms with E-state index in [1.165, 1.54) is 6.20 Å². The Morgan fingerprint density at radius 1 is 0.970 bits per heavy atom. The number of amidine groups is 1. The van der Waals surface area contributed by atoms with Crippen LogP contribution in [0.3, 0.4) is 0 Å². The molecule has 2 N–H and O–H groups in total. The summed E-state index contributed by atoms with van der Waals surface area (Å²) in [6, 6.07) is 17.4. The number of rotatable bonds is 6. The van der Waals surface area contributed by atoms with Gasteiger partial charge in [0, 0.05) is 42.4 Å². The number of carbonyl (C=O) groups excluding carboxylic acids is 2. The fourth-order valence-electron chi connectivity index (χ4n) is 3.74. The molecule has 1 amide bonds. The van der Waals surface area contributed by atoms with Gasteiger partial charge in [-0.1, -0.05) is 61.5 Å². The summed E-state index contributed by atoms with van der Waals surface area (Å²) in [6.07, 6.45) is 3.78. The molecule has 2 aromatic carbocycles. The molecule has 4 rings (SSSR count). The summed E-state index contributed by atoms with van der Waals surface area (Å²) in [5, 5.41) is 11.6. The van der Waals surface area contributed by atoms with E-state index in [1.807, 2.05) is 12.1 Å². The van der Waals surface area contributed by atoms with Gasteiger partial charge in [0.2, 0.25) is 0 Å². The predicted molar refractivity (Wildman–Crippen MR) is 132 cm³/mol. The second kappa shape index (κ2) is 10.9. The third-order valence-corrected chi connectivity index (χ3v) is 5.71. The van der Waals surface area contributed by atoms with Gasteiger partial charge in [0.25, 0.3) is 5.91 Å². The first-order valence-corrected chi connectivity index (χ1v) is 10.9. The van der Waals surface area contributed by atoms with Crippen LogP contribution >= 0.6 is 11.6 Å². The third kappa shape index (κ3) is 5.84. The van der Waals surface area contributed by atoms with Crippen LogP contribution in [0.15, 0.2) is 66.9 Å². The largest absolute Gasteiger partial charge is 0.357 e. The number of amides is 1. The number of ketones is 1. The monoisotopic (exact) mass is 462 g/mol. The molecule has 1 aliphatic rings. The molecule has 170 valence electrons. The zero-order valence-corrected chi connectivity index (χ0v) is 18.2. The van der Waals surface area contributed by atoms with Gasteiger partial charge in [-0.2, -0.15) is 0 Å². The molecule has 0 atom stereocenters. The van der Waals surface area contributed by atoms with Gasteiger partial charge in [0.05, 0.1) is 5.02 Å². The normalized spacial score (nSPS) is 12.7. The van der Waals surface area contributed by atoms with E-state index in [-0.39, 0.29) is 25.5 Å². The highest BCUT2D eigenvalue weighted by atomic mass is 35.5. The first-order valence-electron chi connectivity index (χ1n) is 10.5. The summed E-state index contributed by atoms with van der Waals surface area (Å²) < 4.78 is 0. The van der Waals surface area contributed by atoms with Gasteiger partial charge < -0.3 is 10.2 Å². The lowest BCUT2D eigenvalue weighted by atomic mass is 9.97. The molecular formula is C26H27ClN4O2. The first-order chi connectivity index (χ1) is 15.5. The number of pyridine rings is 1. The molecule has 1 aromatic heterocycles. The highest BCUT2D eigenvalue weighted by molar-refractivity contribution is 6.30. The van der Waals surface area contributed by atoms with Crippen LogP contribution in [0.25, 0.3) is 0 Å². The fourth-order valence-corrected chi connectivity index (χ4v) is 3.85. The minimum absolute atomic E-state index is 0. The van der Waals surface area contributed by atoms with Gasteiger partial charge in [0.1, 0.15) is 11.7 Å². The van der Waals surface area contributed by atoms with Crippen molar-refractivity contribution in [2.45, 2.75) is 26.7 Å². The maximum absolute atomic E-state index is 12.9. The van der Waals surface area contributed by atoms with Gasteiger partial charge in [0.15, 0.2) is 5.78 Å². The smallest absolute Gasteiger partial charge is 0.257 e. The summed E-state index contributed by atoms with van der Waals surface area (Å²) in [6.45, 7) is 1.81. The summed E-state index contributed by atoms with van der Waals surface area (Å²) in [4.78, 5) is 31.8. The molecule has 0 bridgehead atoms. The summed E-state index contributed by atoms with van der Waals surface area (Å²) >= 11 is 5.84. The number of nitrogens with zero attached hydrogens (tertiary/aromatic N) is 2. The Labute approximate surface area is 199 Å². The van der Waals surface area contributed by atoms with Gasteiger partial charge >= 0.3 is 0 Å². The van der Waals surface area contributed by atoms with E-state index in [0.29, 0.717) is 33.4 Å². The van der Waals surface area contributed by atoms with Crippen molar-refractivity contribution in [2.75, 3.05) is 18.4 Å². The van der Waals surface area contributed by atoms with E-state index < -0.39 is 0 Å². The molecule has 7 heteroatoms. The lowest BCUT2D eigenvalue weighted by molar-refractivity contribution is 0.0992. The number of carbonyl (C=O) groups is 2. The topological polar surface area (TPSA) is 86.1 Å². The quantitative estimate of drug-likeness (QED) is 0.289. The van der Waals surface area contributed by atoms with Crippen LogP contribution in [-0.2, 0) is 6.42 Å². The van der Waals surface area contributed by atoms with Gasteiger partial charge in [-0.3, -0.25) is 15.0 Å². The van der Waals surface area contributed by atoms with Gasteiger partial charge in [-0.25, -0.2) is 4.98 Å². The van der Waals surface area contributed by atoms with Crippen LogP contribution in [0.1, 0.15) is 52.1 Å². The van der Waals surface area contributed by atoms with Crippen molar-refractivity contribution < 1.29 is 9.59 Å². The van der Waals surface area contributed by atoms with E-state index in [2.05, 4.69) is 15.2 Å². The van der Waals surface area contributed by atoms with E-state index in [9.17, 15) is 9.59 Å². The van der Waals surface area contributed by atoms with Crippen molar-refractivity contribution in [1.29, 1.82) is 5.41 Å². The van der Waals surface area contributed by atoms with Gasteiger partial charge in [-0.15, -0.1) is 0 Å². The van der Waals surface area contributed by atoms with E-state index in [0.717, 1.165) is 31.5 Å². The molecule has 0 saturated carbocycles. The summed E-state index contributed by atoms with van der Waals surface area (Å²) in [5.74, 6) is 0.461. The molecule has 0 aliphatic carbocycles. The van der Waals surface area contributed by atoms with Gasteiger partial charge in [-0.05, 0) is 36.6 Å². The molecule has 2 heterocycles. The van der Waals surface area contributed by atoms with Crippen molar-refractivity contribution in [3.8, 4) is 0 Å². The Bertz CT molecular complexity index is 1140. The molecule has 0 unspecified atom stereocenters. The Hall–Kier alpha value is -3.51. The number of likely N-dealkylation sites (tertiary alicyclic amines) is 1. The SMILES string of the molecule is C.N=C(c1ccc(C(=O)Cc2ccccc2C(=O)Nc2ccc(Cl)cn2)cc1)N1CCCC1. The lowest BCUT2D eigenvalue weighted by Gasteiger charge is -2.18. The second-order valence-corrected chi connectivity index (χ2v) is 8.13. The maximum atomic E-state index is 12.9. The number of anilines is 1. The number of benzene rings is 2. The molecule has 1 saturated heterocycles. The predicted octanol–water partition coefficient (Wildman–Crippen LogP) is 5.47.